The van der Waals surface area contributed by atoms with Crippen LogP contribution < -0.4 is 15.0 Å². The third kappa shape index (κ3) is 5.47. The van der Waals surface area contributed by atoms with E-state index in [0.29, 0.717) is 67.1 Å². The predicted molar refractivity (Wildman–Crippen MR) is 152 cm³/mol. The number of carbonyl (C=O) groups excluding carboxylic acids is 2. The molecule has 212 valence electrons. The molecule has 9 nitrogen and oxygen atoms in total. The van der Waals surface area contributed by atoms with Crippen LogP contribution in [0.4, 0.5) is 26.4 Å². The van der Waals surface area contributed by atoms with Crippen molar-refractivity contribution in [3.05, 3.63) is 46.5 Å². The molecule has 2 aromatic carbocycles. The number of ether oxygens (including phenoxy) is 2. The molecule has 0 bridgehead atoms. The van der Waals surface area contributed by atoms with Crippen LogP contribution in [0, 0.1) is 11.2 Å². The molecular formula is C28H30Cl2FN5O4. The summed E-state index contributed by atoms with van der Waals surface area (Å²) in [7, 11) is 1.53. The monoisotopic (exact) mass is 589 g/mol. The average molecular weight is 590 g/mol. The second-order valence-electron chi connectivity index (χ2n) is 11.2. The van der Waals surface area contributed by atoms with Crippen molar-refractivity contribution in [2.75, 3.05) is 37.0 Å². The van der Waals surface area contributed by atoms with Crippen LogP contribution in [0.3, 0.4) is 0 Å². The van der Waals surface area contributed by atoms with Crippen LogP contribution in [0.2, 0.25) is 10.0 Å². The molecule has 3 heterocycles. The minimum absolute atomic E-state index is 0.0368. The van der Waals surface area contributed by atoms with E-state index in [9.17, 15) is 14.0 Å². The van der Waals surface area contributed by atoms with Crippen molar-refractivity contribution in [1.82, 2.24) is 14.9 Å². The van der Waals surface area contributed by atoms with Gasteiger partial charge < -0.3 is 24.6 Å². The summed E-state index contributed by atoms with van der Waals surface area (Å²) in [5.74, 6) is 0.0713. The second kappa shape index (κ2) is 10.6. The fraction of sp³-hybridized carbons (Fsp3) is 0.429. The molecule has 12 heteroatoms. The van der Waals surface area contributed by atoms with Gasteiger partial charge in [-0.05, 0) is 51.8 Å². The molecule has 5 rings (SSSR count). The molecule has 1 aromatic heterocycles. The van der Waals surface area contributed by atoms with Crippen molar-refractivity contribution in [3.8, 4) is 5.75 Å². The molecule has 1 spiro atoms. The number of carbonyl (C=O) groups is 2. The Morgan fingerprint density at radius 1 is 1.15 bits per heavy atom. The highest BCUT2D eigenvalue weighted by Crippen LogP contribution is 2.46. The van der Waals surface area contributed by atoms with Crippen LogP contribution in [0.1, 0.15) is 40.0 Å². The number of aromatic nitrogens is 2. The van der Waals surface area contributed by atoms with Crippen LogP contribution >= 0.6 is 23.2 Å². The number of rotatable bonds is 4. The van der Waals surface area contributed by atoms with Crippen LogP contribution in [-0.4, -0.2) is 59.2 Å². The first kappa shape index (κ1) is 28.2. The van der Waals surface area contributed by atoms with E-state index in [-0.39, 0.29) is 33.1 Å². The first-order chi connectivity index (χ1) is 18.9. The van der Waals surface area contributed by atoms with E-state index in [1.807, 2.05) is 20.8 Å². The Morgan fingerprint density at radius 2 is 1.88 bits per heavy atom. The molecule has 1 N–H and O–H groups in total. The van der Waals surface area contributed by atoms with Crippen molar-refractivity contribution in [1.29, 1.82) is 0 Å². The largest absolute Gasteiger partial charge is 0.494 e. The maximum atomic E-state index is 14.8. The fourth-order valence-corrected chi connectivity index (χ4v) is 5.55. The van der Waals surface area contributed by atoms with Gasteiger partial charge in [-0.2, -0.15) is 0 Å². The number of amides is 2. The smallest absolute Gasteiger partial charge is 0.410 e. The van der Waals surface area contributed by atoms with Gasteiger partial charge in [-0.15, -0.1) is 0 Å². The van der Waals surface area contributed by atoms with Gasteiger partial charge in [-0.1, -0.05) is 23.2 Å². The maximum Gasteiger partial charge on any atom is 0.410 e. The number of anilines is 3. The summed E-state index contributed by atoms with van der Waals surface area (Å²) in [6.07, 6.45) is 2.74. The van der Waals surface area contributed by atoms with E-state index < -0.39 is 11.4 Å². The Hall–Kier alpha value is -3.37. The molecule has 0 unspecified atom stereocenters. The zero-order valence-corrected chi connectivity index (χ0v) is 24.2. The normalized spacial score (nSPS) is 17.0. The van der Waals surface area contributed by atoms with Crippen molar-refractivity contribution >= 4 is 63.3 Å². The molecule has 40 heavy (non-hydrogen) atoms. The molecule has 0 radical (unpaired) electrons. The summed E-state index contributed by atoms with van der Waals surface area (Å²) in [5.41, 5.74) is 0.374. The third-order valence-electron chi connectivity index (χ3n) is 7.31. The van der Waals surface area contributed by atoms with Crippen LogP contribution in [0.5, 0.6) is 5.75 Å². The van der Waals surface area contributed by atoms with Crippen molar-refractivity contribution in [2.24, 2.45) is 5.41 Å². The fourth-order valence-electron chi connectivity index (χ4n) is 5.24. The number of piperidine rings is 1. The number of halogens is 3. The number of methoxy groups -OCH3 is 1. The SMILES string of the molecule is COc1cc2ncnc(Nc3ccc(Cl)c(Cl)c3F)c2cc1N1CC2(CCN(C(=O)OC(C)(C)C)CC2)CC1=O. The molecule has 3 aromatic rings. The lowest BCUT2D eigenvalue weighted by Crippen LogP contribution is -2.46. The Balaban J connectivity index is 1.42. The lowest BCUT2D eigenvalue weighted by atomic mass is 9.78. The van der Waals surface area contributed by atoms with E-state index in [4.69, 9.17) is 32.7 Å². The summed E-state index contributed by atoms with van der Waals surface area (Å²) in [6, 6.07) is 6.47. The number of likely N-dealkylation sites (tertiary alicyclic amines) is 1. The average Bonchev–Trinajstić information content (AvgIpc) is 3.22. The molecule has 2 saturated heterocycles. The first-order valence-corrected chi connectivity index (χ1v) is 13.7. The van der Waals surface area contributed by atoms with Gasteiger partial charge in [0.05, 0.1) is 34.0 Å². The van der Waals surface area contributed by atoms with Gasteiger partial charge in [0.2, 0.25) is 5.91 Å². The Bertz CT molecular complexity index is 1490. The zero-order valence-electron chi connectivity index (χ0n) is 22.7. The number of fused-ring (bicyclic) bond motifs is 1. The van der Waals surface area contributed by atoms with Gasteiger partial charge >= 0.3 is 6.09 Å². The van der Waals surface area contributed by atoms with Gasteiger partial charge in [0.25, 0.3) is 0 Å². The summed E-state index contributed by atoms with van der Waals surface area (Å²) in [4.78, 5) is 38.0. The molecule has 2 aliphatic rings. The molecule has 0 aliphatic carbocycles. The molecule has 2 aliphatic heterocycles. The van der Waals surface area contributed by atoms with E-state index in [1.165, 1.54) is 25.6 Å². The van der Waals surface area contributed by atoms with Crippen molar-refractivity contribution in [2.45, 2.75) is 45.6 Å². The third-order valence-corrected chi connectivity index (χ3v) is 8.09. The minimum Gasteiger partial charge on any atom is -0.494 e. The Labute approximate surface area is 241 Å². The van der Waals surface area contributed by atoms with Gasteiger partial charge in [0.1, 0.15) is 23.5 Å². The lowest BCUT2D eigenvalue weighted by Gasteiger charge is -2.39. The summed E-state index contributed by atoms with van der Waals surface area (Å²) in [6.45, 7) is 7.04. The van der Waals surface area contributed by atoms with Crippen molar-refractivity contribution < 1.29 is 23.5 Å². The van der Waals surface area contributed by atoms with Crippen LogP contribution in [0.15, 0.2) is 30.6 Å². The number of nitrogens with one attached hydrogen (secondary N) is 1. The van der Waals surface area contributed by atoms with Gasteiger partial charge in [0, 0.05) is 42.9 Å². The van der Waals surface area contributed by atoms with E-state index >= 15 is 0 Å². The second-order valence-corrected chi connectivity index (χ2v) is 12.0. The minimum atomic E-state index is -0.705. The van der Waals surface area contributed by atoms with Crippen LogP contribution in [-0.2, 0) is 9.53 Å². The quantitative estimate of drug-likeness (QED) is 0.343. The summed E-state index contributed by atoms with van der Waals surface area (Å²) >= 11 is 11.9. The molecule has 0 atom stereocenters. The number of hydrogen-bond acceptors (Lipinski definition) is 7. The molecule has 2 amide bonds. The van der Waals surface area contributed by atoms with Gasteiger partial charge in [-0.3, -0.25) is 4.79 Å². The summed E-state index contributed by atoms with van der Waals surface area (Å²) < 4.78 is 26.0. The van der Waals surface area contributed by atoms with Crippen LogP contribution in [0.25, 0.3) is 10.9 Å². The van der Waals surface area contributed by atoms with Gasteiger partial charge in [-0.25, -0.2) is 19.2 Å². The topological polar surface area (TPSA) is 96.9 Å². The van der Waals surface area contributed by atoms with E-state index in [0.717, 1.165) is 0 Å². The highest BCUT2D eigenvalue weighted by Gasteiger charge is 2.47. The number of hydrogen-bond donors (Lipinski definition) is 1. The Kier molecular flexibility index (Phi) is 7.43. The number of nitrogens with zero attached hydrogens (tertiary/aromatic N) is 4. The van der Waals surface area contributed by atoms with Gasteiger partial charge in [0.15, 0.2) is 5.82 Å². The number of benzene rings is 2. The summed E-state index contributed by atoms with van der Waals surface area (Å²) in [5, 5.41) is 3.45. The molecule has 2 fully saturated rings. The molecule has 0 saturated carbocycles. The molecular weight excluding hydrogens is 560 g/mol. The predicted octanol–water partition coefficient (Wildman–Crippen LogP) is 6.58. The van der Waals surface area contributed by atoms with Crippen molar-refractivity contribution in [3.63, 3.8) is 0 Å². The standard InChI is InChI=1S/C28H30Cl2FN5O4/c1-27(2,3)40-26(38)35-9-7-28(8-10-35)13-22(37)36(14-28)20-11-16-19(12-21(20)39-4)32-15-33-25(16)34-18-6-5-17(29)23(30)24(18)31/h5-6,11-12,15H,7-10,13-14H2,1-4H3,(H,32,33,34). The maximum absolute atomic E-state index is 14.8. The highest BCUT2D eigenvalue weighted by atomic mass is 35.5. The first-order valence-electron chi connectivity index (χ1n) is 12.9. The Morgan fingerprint density at radius 3 is 2.55 bits per heavy atom. The highest BCUT2D eigenvalue weighted by molar-refractivity contribution is 6.42. The van der Waals surface area contributed by atoms with E-state index in [1.54, 1.807) is 21.9 Å². The van der Waals surface area contributed by atoms with E-state index in [2.05, 4.69) is 15.3 Å². The lowest BCUT2D eigenvalue weighted by molar-refractivity contribution is -0.118. The zero-order chi connectivity index (χ0) is 28.8.